The third-order valence-corrected chi connectivity index (χ3v) is 4.38. The SMILES string of the molecule is COc1ccc(C(C)(C)c2cn(C)c3ccccc23)cc1. The van der Waals surface area contributed by atoms with E-state index in [2.05, 4.69) is 68.1 Å². The van der Waals surface area contributed by atoms with Crippen molar-refractivity contribution in [2.24, 2.45) is 7.05 Å². The Bertz CT molecular complexity index is 766. The Hall–Kier alpha value is -2.22. The lowest BCUT2D eigenvalue weighted by Crippen LogP contribution is -2.18. The zero-order chi connectivity index (χ0) is 15.0. The van der Waals surface area contributed by atoms with Crippen LogP contribution in [-0.4, -0.2) is 11.7 Å². The van der Waals surface area contributed by atoms with Gasteiger partial charge >= 0.3 is 0 Å². The normalized spacial score (nSPS) is 11.8. The molecule has 0 N–H and O–H groups in total. The van der Waals surface area contributed by atoms with Crippen LogP contribution in [0.5, 0.6) is 5.75 Å². The van der Waals surface area contributed by atoms with Gasteiger partial charge in [-0.05, 0) is 29.3 Å². The number of ether oxygens (including phenoxy) is 1. The molecule has 0 atom stereocenters. The van der Waals surface area contributed by atoms with Gasteiger partial charge in [0.25, 0.3) is 0 Å². The molecule has 1 heterocycles. The molecule has 3 aromatic rings. The average molecular weight is 279 g/mol. The van der Waals surface area contributed by atoms with Crippen LogP contribution in [0.25, 0.3) is 10.9 Å². The van der Waals surface area contributed by atoms with E-state index >= 15 is 0 Å². The van der Waals surface area contributed by atoms with Crippen molar-refractivity contribution in [1.82, 2.24) is 4.57 Å². The topological polar surface area (TPSA) is 14.2 Å². The van der Waals surface area contributed by atoms with E-state index in [1.807, 2.05) is 12.1 Å². The molecule has 0 saturated heterocycles. The first-order valence-corrected chi connectivity index (χ1v) is 7.23. The maximum atomic E-state index is 5.26. The van der Waals surface area contributed by atoms with Crippen LogP contribution in [0, 0.1) is 0 Å². The molecular formula is C19H21NO. The average Bonchev–Trinajstić information content (AvgIpc) is 2.86. The highest BCUT2D eigenvalue weighted by Gasteiger charge is 2.26. The zero-order valence-corrected chi connectivity index (χ0v) is 13.1. The van der Waals surface area contributed by atoms with Gasteiger partial charge in [0, 0.05) is 29.6 Å². The number of rotatable bonds is 3. The lowest BCUT2D eigenvalue weighted by molar-refractivity contribution is 0.414. The smallest absolute Gasteiger partial charge is 0.118 e. The summed E-state index contributed by atoms with van der Waals surface area (Å²) >= 11 is 0. The third-order valence-electron chi connectivity index (χ3n) is 4.38. The summed E-state index contributed by atoms with van der Waals surface area (Å²) in [4.78, 5) is 0. The van der Waals surface area contributed by atoms with E-state index in [9.17, 15) is 0 Å². The lowest BCUT2D eigenvalue weighted by Gasteiger charge is -2.25. The quantitative estimate of drug-likeness (QED) is 0.688. The Morgan fingerprint density at radius 3 is 2.29 bits per heavy atom. The number of nitrogens with zero attached hydrogens (tertiary/aromatic N) is 1. The molecule has 0 bridgehead atoms. The zero-order valence-electron chi connectivity index (χ0n) is 13.1. The number of fused-ring (bicyclic) bond motifs is 1. The first-order chi connectivity index (χ1) is 10.0. The number of hydrogen-bond donors (Lipinski definition) is 0. The molecular weight excluding hydrogens is 258 g/mol. The van der Waals surface area contributed by atoms with Crippen molar-refractivity contribution >= 4 is 10.9 Å². The Balaban J connectivity index is 2.14. The van der Waals surface area contributed by atoms with Gasteiger partial charge in [-0.3, -0.25) is 0 Å². The van der Waals surface area contributed by atoms with Gasteiger partial charge in [0.15, 0.2) is 0 Å². The number of aromatic nitrogens is 1. The predicted octanol–water partition coefficient (Wildman–Crippen LogP) is 4.51. The molecule has 2 nitrogen and oxygen atoms in total. The monoisotopic (exact) mass is 279 g/mol. The van der Waals surface area contributed by atoms with Crippen molar-refractivity contribution in [1.29, 1.82) is 0 Å². The van der Waals surface area contributed by atoms with Crippen LogP contribution < -0.4 is 4.74 Å². The van der Waals surface area contributed by atoms with Crippen LogP contribution in [0.2, 0.25) is 0 Å². The van der Waals surface area contributed by atoms with Crippen molar-refractivity contribution in [3.8, 4) is 5.75 Å². The number of para-hydroxylation sites is 1. The molecule has 0 aliphatic rings. The highest BCUT2D eigenvalue weighted by molar-refractivity contribution is 5.85. The predicted molar refractivity (Wildman–Crippen MR) is 88.0 cm³/mol. The van der Waals surface area contributed by atoms with E-state index in [1.54, 1.807) is 7.11 Å². The van der Waals surface area contributed by atoms with E-state index < -0.39 is 0 Å². The van der Waals surface area contributed by atoms with Gasteiger partial charge in [-0.15, -0.1) is 0 Å². The van der Waals surface area contributed by atoms with E-state index in [1.165, 1.54) is 22.0 Å². The Kier molecular flexibility index (Phi) is 3.25. The summed E-state index contributed by atoms with van der Waals surface area (Å²) in [5, 5.41) is 1.32. The van der Waals surface area contributed by atoms with Gasteiger partial charge < -0.3 is 9.30 Å². The van der Waals surface area contributed by atoms with Crippen LogP contribution in [-0.2, 0) is 12.5 Å². The summed E-state index contributed by atoms with van der Waals surface area (Å²) in [6.07, 6.45) is 2.24. The largest absolute Gasteiger partial charge is 0.497 e. The van der Waals surface area contributed by atoms with Gasteiger partial charge in [0.05, 0.1) is 7.11 Å². The number of benzene rings is 2. The maximum absolute atomic E-state index is 5.26. The second-order valence-electron chi connectivity index (χ2n) is 6.02. The molecule has 0 aliphatic carbocycles. The Labute approximate surface area is 126 Å². The molecule has 3 rings (SSSR count). The fraction of sp³-hybridized carbons (Fsp3) is 0.263. The number of hydrogen-bond acceptors (Lipinski definition) is 1. The van der Waals surface area contributed by atoms with Crippen molar-refractivity contribution < 1.29 is 4.74 Å². The minimum Gasteiger partial charge on any atom is -0.497 e. The molecule has 2 heteroatoms. The van der Waals surface area contributed by atoms with E-state index in [4.69, 9.17) is 4.74 Å². The molecule has 0 radical (unpaired) electrons. The summed E-state index contributed by atoms with van der Waals surface area (Å²) in [7, 11) is 3.81. The number of methoxy groups -OCH3 is 1. The lowest BCUT2D eigenvalue weighted by atomic mass is 9.78. The molecule has 21 heavy (non-hydrogen) atoms. The first kappa shape index (κ1) is 13.7. The maximum Gasteiger partial charge on any atom is 0.118 e. The molecule has 2 aromatic carbocycles. The summed E-state index contributed by atoms with van der Waals surface area (Å²) in [6, 6.07) is 16.9. The fourth-order valence-electron chi connectivity index (χ4n) is 3.00. The van der Waals surface area contributed by atoms with E-state index in [-0.39, 0.29) is 5.41 Å². The summed E-state index contributed by atoms with van der Waals surface area (Å²) < 4.78 is 7.46. The molecule has 1 aromatic heterocycles. The van der Waals surface area contributed by atoms with Gasteiger partial charge in [-0.25, -0.2) is 0 Å². The van der Waals surface area contributed by atoms with Crippen LogP contribution >= 0.6 is 0 Å². The molecule has 0 aliphatic heterocycles. The van der Waals surface area contributed by atoms with Gasteiger partial charge in [-0.1, -0.05) is 44.2 Å². The molecule has 0 amide bonds. The minimum atomic E-state index is -0.0485. The van der Waals surface area contributed by atoms with Crippen LogP contribution in [0.15, 0.2) is 54.7 Å². The van der Waals surface area contributed by atoms with E-state index in [0.29, 0.717) is 0 Å². The molecule has 0 fully saturated rings. The molecule has 108 valence electrons. The summed E-state index contributed by atoms with van der Waals surface area (Å²) in [5.41, 5.74) is 3.87. The third kappa shape index (κ3) is 2.21. The van der Waals surface area contributed by atoms with Crippen molar-refractivity contribution in [2.75, 3.05) is 7.11 Å². The van der Waals surface area contributed by atoms with Crippen molar-refractivity contribution in [2.45, 2.75) is 19.3 Å². The number of aryl methyl sites for hydroxylation is 1. The molecule has 0 unspecified atom stereocenters. The first-order valence-electron chi connectivity index (χ1n) is 7.23. The second-order valence-corrected chi connectivity index (χ2v) is 6.02. The Morgan fingerprint density at radius 1 is 0.952 bits per heavy atom. The highest BCUT2D eigenvalue weighted by Crippen LogP contribution is 2.37. The summed E-state index contributed by atoms with van der Waals surface area (Å²) in [5.74, 6) is 0.896. The van der Waals surface area contributed by atoms with Crippen LogP contribution in [0.4, 0.5) is 0 Å². The molecule has 0 spiro atoms. The Morgan fingerprint density at radius 2 is 1.62 bits per heavy atom. The standard InChI is InChI=1S/C19H21NO/c1-19(2,14-9-11-15(21-4)12-10-14)17-13-20(3)18-8-6-5-7-16(17)18/h5-13H,1-4H3. The van der Waals surface area contributed by atoms with Gasteiger partial charge in [0.2, 0.25) is 0 Å². The van der Waals surface area contributed by atoms with Gasteiger partial charge in [0.1, 0.15) is 5.75 Å². The fourth-order valence-corrected chi connectivity index (χ4v) is 3.00. The minimum absolute atomic E-state index is 0.0485. The van der Waals surface area contributed by atoms with Crippen LogP contribution in [0.1, 0.15) is 25.0 Å². The summed E-state index contributed by atoms with van der Waals surface area (Å²) in [6.45, 7) is 4.55. The van der Waals surface area contributed by atoms with Crippen LogP contribution in [0.3, 0.4) is 0 Å². The highest BCUT2D eigenvalue weighted by atomic mass is 16.5. The van der Waals surface area contributed by atoms with Crippen molar-refractivity contribution in [3.05, 3.63) is 65.9 Å². The second kappa shape index (κ2) is 4.96. The molecule has 0 saturated carbocycles. The van der Waals surface area contributed by atoms with E-state index in [0.717, 1.165) is 5.75 Å². The van der Waals surface area contributed by atoms with Crippen molar-refractivity contribution in [3.63, 3.8) is 0 Å². The van der Waals surface area contributed by atoms with Gasteiger partial charge in [-0.2, -0.15) is 0 Å².